The van der Waals surface area contributed by atoms with Gasteiger partial charge in [-0.15, -0.1) is 0 Å². The predicted molar refractivity (Wildman–Crippen MR) is 150 cm³/mol. The molecule has 1 radical (unpaired) electrons. The third-order valence-electron chi connectivity index (χ3n) is 5.80. The summed E-state index contributed by atoms with van der Waals surface area (Å²) in [6, 6.07) is 5.81. The molecule has 0 aliphatic carbocycles. The molecular weight excluding hydrogens is 652 g/mol. The van der Waals surface area contributed by atoms with E-state index in [1.807, 2.05) is 6.07 Å². The third-order valence-corrected chi connectivity index (χ3v) is 5.80. The minimum Gasteiger partial charge on any atom is -0.585 e. The molecule has 9 N–H and O–H groups in total. The number of nitrogens with zero attached hydrogens (tertiary/aromatic N) is 2. The molecule has 1 unspecified atom stereocenters. The number of methoxy groups -OCH3 is 1. The standard InChI is InChI=1S/C20H25N6O4.C6H13NO5.Tc/c1-30-20(29)16(25-19(28)15-7-8-17(26-21)24-13-15)6-2-3-10-23-18(27)11-14-5-4-9-22-12-14;8-2-6(3-9,4-10)7-1-5(11)12;/h4-5,7-9,12-13,16,21H,2-3,6,10-11H2,1H3,(H,23,27)(H2,24,25,26,28);7-10H,1-4H2,(H,11,12);/q-1;;. The van der Waals surface area contributed by atoms with E-state index in [0.29, 0.717) is 31.6 Å². The van der Waals surface area contributed by atoms with E-state index in [1.165, 1.54) is 25.4 Å². The second-order valence-corrected chi connectivity index (χ2v) is 8.99. The quantitative estimate of drug-likeness (QED) is 0.0566. The van der Waals surface area contributed by atoms with Crippen molar-refractivity contribution in [2.24, 2.45) is 0 Å². The van der Waals surface area contributed by atoms with Crippen molar-refractivity contribution in [2.75, 3.05) is 45.4 Å². The van der Waals surface area contributed by atoms with Crippen LogP contribution in [0, 0.1) is 0 Å². The zero-order valence-electron chi connectivity index (χ0n) is 23.6. The van der Waals surface area contributed by atoms with Crippen molar-refractivity contribution in [3.8, 4) is 0 Å². The first-order chi connectivity index (χ1) is 20.1. The average molecular weight is 691 g/mol. The van der Waals surface area contributed by atoms with Gasteiger partial charge >= 0.3 is 11.9 Å². The number of anilines is 1. The molecule has 43 heavy (non-hydrogen) atoms. The first kappa shape index (κ1) is 39.4. The summed E-state index contributed by atoms with van der Waals surface area (Å²) in [6.07, 6.45) is 6.50. The summed E-state index contributed by atoms with van der Waals surface area (Å²) in [6.45, 7) is -1.51. The molecule has 2 amide bonds. The Morgan fingerprint density at radius 2 is 1.74 bits per heavy atom. The van der Waals surface area contributed by atoms with Crippen molar-refractivity contribution >= 4 is 29.6 Å². The van der Waals surface area contributed by atoms with E-state index in [1.54, 1.807) is 18.5 Å². The summed E-state index contributed by atoms with van der Waals surface area (Å²) in [4.78, 5) is 54.2. The molecule has 0 aliphatic rings. The number of pyridine rings is 2. The Hall–Kier alpha value is -3.57. The van der Waals surface area contributed by atoms with Gasteiger partial charge in [0.1, 0.15) is 11.9 Å². The number of carbonyl (C=O) groups excluding carboxylic acids is 3. The van der Waals surface area contributed by atoms with Crippen molar-refractivity contribution < 1.29 is 64.4 Å². The first-order valence-electron chi connectivity index (χ1n) is 12.9. The summed E-state index contributed by atoms with van der Waals surface area (Å²) < 4.78 is 4.77. The van der Waals surface area contributed by atoms with Crippen LogP contribution in [0.25, 0.3) is 5.84 Å². The van der Waals surface area contributed by atoms with Crippen LogP contribution in [0.3, 0.4) is 0 Å². The number of aliphatic hydroxyl groups excluding tert-OH is 3. The number of carboxylic acid groups (broad SMARTS) is 1. The van der Waals surface area contributed by atoms with Crippen LogP contribution in [0.1, 0.15) is 35.2 Å². The Bertz CT molecular complexity index is 1100. The largest absolute Gasteiger partial charge is 0.585 e. The Kier molecular flexibility index (Phi) is 20.2. The molecule has 0 aromatic carbocycles. The fraction of sp³-hybridized carbons (Fsp3) is 0.462. The van der Waals surface area contributed by atoms with E-state index in [0.717, 1.165) is 5.56 Å². The number of hydrogen-bond acceptors (Lipinski definition) is 12. The van der Waals surface area contributed by atoms with Gasteiger partial charge in [0.05, 0.1) is 51.0 Å². The molecule has 0 saturated carbocycles. The van der Waals surface area contributed by atoms with E-state index in [4.69, 9.17) is 31.0 Å². The first-order valence-corrected chi connectivity index (χ1v) is 12.9. The summed E-state index contributed by atoms with van der Waals surface area (Å²) in [5.41, 5.74) is 1.92. The molecule has 0 spiro atoms. The fourth-order valence-electron chi connectivity index (χ4n) is 3.27. The number of esters is 1. The molecule has 2 rings (SSSR count). The Labute approximate surface area is 262 Å². The molecule has 2 aromatic heterocycles. The van der Waals surface area contributed by atoms with Gasteiger partial charge in [0, 0.05) is 45.2 Å². The van der Waals surface area contributed by atoms with Gasteiger partial charge in [0.2, 0.25) is 5.91 Å². The molecule has 1 atom stereocenters. The van der Waals surface area contributed by atoms with Crippen molar-refractivity contribution in [3.63, 3.8) is 0 Å². The van der Waals surface area contributed by atoms with Gasteiger partial charge in [0.15, 0.2) is 0 Å². The number of aliphatic hydroxyl groups is 3. The summed E-state index contributed by atoms with van der Waals surface area (Å²) in [5.74, 6) is 5.10. The van der Waals surface area contributed by atoms with Crippen molar-refractivity contribution in [2.45, 2.75) is 37.3 Å². The van der Waals surface area contributed by atoms with Crippen molar-refractivity contribution in [3.05, 3.63) is 59.8 Å². The van der Waals surface area contributed by atoms with Gasteiger partial charge in [-0.3, -0.25) is 24.7 Å². The monoisotopic (exact) mass is 689 g/mol. The Balaban J connectivity index is 0.00000115. The van der Waals surface area contributed by atoms with Crippen LogP contribution >= 0.6 is 0 Å². The number of amides is 2. The van der Waals surface area contributed by atoms with E-state index in [2.05, 4.69) is 31.3 Å². The molecule has 2 heterocycles. The van der Waals surface area contributed by atoms with E-state index in [9.17, 15) is 19.2 Å². The number of carboxylic acids is 1. The number of rotatable bonds is 17. The van der Waals surface area contributed by atoms with Crippen LogP contribution in [-0.2, 0) is 45.6 Å². The van der Waals surface area contributed by atoms with Gasteiger partial charge in [-0.1, -0.05) is 6.07 Å². The van der Waals surface area contributed by atoms with Crippen molar-refractivity contribution in [1.82, 2.24) is 25.9 Å². The van der Waals surface area contributed by atoms with E-state index >= 15 is 0 Å². The molecule has 2 aromatic rings. The van der Waals surface area contributed by atoms with Gasteiger partial charge in [0.25, 0.3) is 5.91 Å². The second kappa shape index (κ2) is 22.0. The molecule has 0 aliphatic heterocycles. The van der Waals surface area contributed by atoms with Crippen LogP contribution in [0.2, 0.25) is 0 Å². The second-order valence-electron chi connectivity index (χ2n) is 8.99. The molecule has 0 saturated heterocycles. The summed E-state index contributed by atoms with van der Waals surface area (Å²) in [7, 11) is 1.26. The van der Waals surface area contributed by atoms with Gasteiger partial charge < -0.3 is 47.1 Å². The van der Waals surface area contributed by atoms with Crippen molar-refractivity contribution in [1.29, 1.82) is 0 Å². The normalized spacial score (nSPS) is 11.1. The van der Waals surface area contributed by atoms with Crippen LogP contribution in [-0.4, -0.2) is 106 Å². The van der Waals surface area contributed by atoms with Gasteiger partial charge in [-0.25, -0.2) is 9.78 Å². The molecule has 16 nitrogen and oxygen atoms in total. The number of nitrogens with one attached hydrogen (secondary N) is 5. The zero-order valence-corrected chi connectivity index (χ0v) is 25.4. The van der Waals surface area contributed by atoms with E-state index < -0.39 is 55.8 Å². The number of ether oxygens (including phenoxy) is 1. The van der Waals surface area contributed by atoms with Crippen LogP contribution in [0.5, 0.6) is 0 Å². The number of aliphatic carboxylic acids is 1. The maximum atomic E-state index is 12.3. The van der Waals surface area contributed by atoms with Crippen LogP contribution < -0.4 is 21.4 Å². The minimum atomic E-state index is -1.31. The number of unbranched alkanes of at least 4 members (excludes halogenated alkanes) is 1. The molecule has 0 fully saturated rings. The Morgan fingerprint density at radius 1 is 1.05 bits per heavy atom. The van der Waals surface area contributed by atoms with Gasteiger partial charge in [-0.2, -0.15) is 0 Å². The fourth-order valence-corrected chi connectivity index (χ4v) is 3.27. The molecular formula is C26H38N7O9Tc-. The number of carbonyl (C=O) groups is 4. The topological polar surface area (TPSA) is 256 Å². The van der Waals surface area contributed by atoms with E-state index in [-0.39, 0.29) is 38.0 Å². The smallest absolute Gasteiger partial charge is 0.328 e. The minimum absolute atomic E-state index is 0. The summed E-state index contributed by atoms with van der Waals surface area (Å²) >= 11 is 0. The molecule has 17 heteroatoms. The maximum absolute atomic E-state index is 12.3. The molecule has 239 valence electrons. The van der Waals surface area contributed by atoms with Crippen LogP contribution in [0.15, 0.2) is 42.9 Å². The number of aromatic nitrogens is 2. The molecule has 0 bridgehead atoms. The van der Waals surface area contributed by atoms with Crippen LogP contribution in [0.4, 0.5) is 5.82 Å². The predicted octanol–water partition coefficient (Wildman–Crippen LogP) is -0.970. The Morgan fingerprint density at radius 3 is 2.26 bits per heavy atom. The van der Waals surface area contributed by atoms with Gasteiger partial charge in [-0.05, 0) is 43.0 Å². The average Bonchev–Trinajstić information content (AvgIpc) is 3.01. The number of hydrogen-bond donors (Lipinski definition) is 8. The zero-order chi connectivity index (χ0) is 31.4. The third kappa shape index (κ3) is 15.5. The maximum Gasteiger partial charge on any atom is 0.328 e. The SMILES string of the molecule is COC(=O)C(CCCCNC(=O)Cc1cccnc1)NC(=O)c1ccc(N[NH-])nc1.O=C(O)CNC(CO)(CO)CO.[Tc]. The summed E-state index contributed by atoms with van der Waals surface area (Å²) in [5, 5.41) is 42.2.